The number of carbonyl (C=O) groups is 2. The predicted octanol–water partition coefficient (Wildman–Crippen LogP) is 5.49. The van der Waals surface area contributed by atoms with E-state index < -0.39 is 11.7 Å². The molecule has 0 saturated heterocycles. The van der Waals surface area contributed by atoms with Crippen LogP contribution in [-0.2, 0) is 28.8 Å². The summed E-state index contributed by atoms with van der Waals surface area (Å²) < 4.78 is 46.5. The molecule has 10 heteroatoms. The lowest BCUT2D eigenvalue weighted by Crippen LogP contribution is -2.45. The normalized spacial score (nSPS) is 13.4. The van der Waals surface area contributed by atoms with E-state index in [9.17, 15) is 22.8 Å². The van der Waals surface area contributed by atoms with Crippen molar-refractivity contribution in [1.82, 2.24) is 14.4 Å². The molecule has 6 nitrogen and oxygen atoms in total. The SMILES string of the molecule is COCCN(Cc1cccn1Cc1cccc(C(F)(F)F)c1)C(=O)CN(C(=O)c1ccccc1Cl)C1CC1. The van der Waals surface area contributed by atoms with Crippen LogP contribution in [0.5, 0.6) is 0 Å². The molecule has 1 aliphatic carbocycles. The minimum Gasteiger partial charge on any atom is -0.383 e. The van der Waals surface area contributed by atoms with Gasteiger partial charge in [0.25, 0.3) is 5.91 Å². The molecule has 0 radical (unpaired) electrons. The Morgan fingerprint density at radius 2 is 1.84 bits per heavy atom. The van der Waals surface area contributed by atoms with Crippen LogP contribution >= 0.6 is 11.6 Å². The Hall–Kier alpha value is -3.30. The highest BCUT2D eigenvalue weighted by atomic mass is 35.5. The molecule has 202 valence electrons. The number of amides is 2. The molecule has 1 aromatic heterocycles. The molecule has 0 N–H and O–H groups in total. The van der Waals surface area contributed by atoms with Gasteiger partial charge in [0.05, 0.1) is 29.3 Å². The van der Waals surface area contributed by atoms with E-state index in [1.165, 1.54) is 13.2 Å². The number of halogens is 4. The van der Waals surface area contributed by atoms with Crippen LogP contribution in [0.3, 0.4) is 0 Å². The van der Waals surface area contributed by atoms with Crippen molar-refractivity contribution in [1.29, 1.82) is 0 Å². The van der Waals surface area contributed by atoms with E-state index in [1.807, 2.05) is 10.6 Å². The zero-order chi connectivity index (χ0) is 27.3. The van der Waals surface area contributed by atoms with E-state index in [2.05, 4.69) is 0 Å². The van der Waals surface area contributed by atoms with Gasteiger partial charge in [0, 0.05) is 38.1 Å². The van der Waals surface area contributed by atoms with E-state index >= 15 is 0 Å². The summed E-state index contributed by atoms with van der Waals surface area (Å²) in [4.78, 5) is 29.9. The zero-order valence-electron chi connectivity index (χ0n) is 21.0. The number of alkyl halides is 3. The van der Waals surface area contributed by atoms with Crippen LogP contribution in [0.2, 0.25) is 5.02 Å². The van der Waals surface area contributed by atoms with E-state index in [0.29, 0.717) is 29.3 Å². The molecular weight excluding hydrogens is 519 g/mol. The molecule has 38 heavy (non-hydrogen) atoms. The Balaban J connectivity index is 1.50. The Bertz CT molecular complexity index is 1270. The number of carbonyl (C=O) groups excluding carboxylic acids is 2. The fourth-order valence-corrected chi connectivity index (χ4v) is 4.48. The van der Waals surface area contributed by atoms with Gasteiger partial charge in [-0.2, -0.15) is 13.2 Å². The molecule has 1 heterocycles. The second kappa shape index (κ2) is 12.0. The minimum absolute atomic E-state index is 0.0169. The van der Waals surface area contributed by atoms with Gasteiger partial charge in [0.1, 0.15) is 6.54 Å². The lowest BCUT2D eigenvalue weighted by atomic mass is 10.1. The largest absolute Gasteiger partial charge is 0.416 e. The number of hydrogen-bond donors (Lipinski definition) is 0. The fourth-order valence-electron chi connectivity index (χ4n) is 4.27. The third kappa shape index (κ3) is 6.96. The van der Waals surface area contributed by atoms with Crippen LogP contribution in [0.4, 0.5) is 13.2 Å². The van der Waals surface area contributed by atoms with Gasteiger partial charge in [-0.05, 0) is 54.8 Å². The van der Waals surface area contributed by atoms with E-state index in [4.69, 9.17) is 16.3 Å². The van der Waals surface area contributed by atoms with Crippen LogP contribution in [0.15, 0.2) is 66.9 Å². The van der Waals surface area contributed by atoms with Crippen LogP contribution in [0, 0.1) is 0 Å². The molecule has 4 rings (SSSR count). The number of aromatic nitrogens is 1. The lowest BCUT2D eigenvalue weighted by molar-refractivity contribution is -0.137. The first kappa shape index (κ1) is 27.7. The second-order valence-electron chi connectivity index (χ2n) is 9.28. The zero-order valence-corrected chi connectivity index (χ0v) is 21.7. The van der Waals surface area contributed by atoms with Gasteiger partial charge in [-0.15, -0.1) is 0 Å². The summed E-state index contributed by atoms with van der Waals surface area (Å²) in [5.41, 5.74) is 0.899. The maximum Gasteiger partial charge on any atom is 0.416 e. The highest BCUT2D eigenvalue weighted by molar-refractivity contribution is 6.33. The first-order valence-electron chi connectivity index (χ1n) is 12.3. The summed E-state index contributed by atoms with van der Waals surface area (Å²) >= 11 is 6.24. The van der Waals surface area contributed by atoms with Crippen molar-refractivity contribution in [2.75, 3.05) is 26.8 Å². The number of hydrogen-bond acceptors (Lipinski definition) is 3. The molecule has 2 aromatic carbocycles. The molecule has 0 aliphatic heterocycles. The van der Waals surface area contributed by atoms with Crippen molar-refractivity contribution in [3.63, 3.8) is 0 Å². The Morgan fingerprint density at radius 3 is 2.53 bits per heavy atom. The van der Waals surface area contributed by atoms with Crippen molar-refractivity contribution in [2.24, 2.45) is 0 Å². The Labute approximate surface area is 224 Å². The number of rotatable bonds is 11. The summed E-state index contributed by atoms with van der Waals surface area (Å²) in [5.74, 6) is -0.535. The lowest BCUT2D eigenvalue weighted by Gasteiger charge is -2.28. The predicted molar refractivity (Wildman–Crippen MR) is 138 cm³/mol. The number of nitrogens with zero attached hydrogens (tertiary/aromatic N) is 3. The molecule has 0 bridgehead atoms. The Kier molecular flexibility index (Phi) is 8.79. The molecular formula is C28H29ClF3N3O3. The summed E-state index contributed by atoms with van der Waals surface area (Å²) in [6.07, 6.45) is -1.01. The average Bonchev–Trinajstić information content (AvgIpc) is 3.64. The van der Waals surface area contributed by atoms with Gasteiger partial charge in [-0.1, -0.05) is 35.9 Å². The van der Waals surface area contributed by atoms with Crippen LogP contribution in [-0.4, -0.2) is 59.0 Å². The monoisotopic (exact) mass is 547 g/mol. The van der Waals surface area contributed by atoms with Crippen LogP contribution < -0.4 is 0 Å². The fraction of sp³-hybridized carbons (Fsp3) is 0.357. The van der Waals surface area contributed by atoms with Gasteiger partial charge >= 0.3 is 6.18 Å². The molecule has 1 aliphatic rings. The number of methoxy groups -OCH3 is 1. The topological polar surface area (TPSA) is 54.8 Å². The third-order valence-corrected chi connectivity index (χ3v) is 6.79. The van der Waals surface area contributed by atoms with E-state index in [0.717, 1.165) is 30.7 Å². The smallest absolute Gasteiger partial charge is 0.383 e. The molecule has 3 aromatic rings. The third-order valence-electron chi connectivity index (χ3n) is 6.46. The molecule has 0 unspecified atom stereocenters. The summed E-state index contributed by atoms with van der Waals surface area (Å²) in [5, 5.41) is 0.333. The molecule has 2 amide bonds. The second-order valence-corrected chi connectivity index (χ2v) is 9.68. The van der Waals surface area contributed by atoms with E-state index in [-0.39, 0.29) is 37.5 Å². The molecule has 0 atom stereocenters. The Morgan fingerprint density at radius 1 is 1.08 bits per heavy atom. The first-order valence-corrected chi connectivity index (χ1v) is 12.7. The highest BCUT2D eigenvalue weighted by Crippen LogP contribution is 2.31. The van der Waals surface area contributed by atoms with Crippen molar-refractivity contribution in [2.45, 2.75) is 38.1 Å². The maximum absolute atomic E-state index is 13.5. The van der Waals surface area contributed by atoms with E-state index in [1.54, 1.807) is 52.4 Å². The van der Waals surface area contributed by atoms with Crippen molar-refractivity contribution in [3.05, 3.63) is 94.3 Å². The van der Waals surface area contributed by atoms with Gasteiger partial charge in [0.2, 0.25) is 5.91 Å². The van der Waals surface area contributed by atoms with Crippen molar-refractivity contribution in [3.8, 4) is 0 Å². The van der Waals surface area contributed by atoms with Crippen molar-refractivity contribution >= 4 is 23.4 Å². The molecule has 1 fully saturated rings. The average molecular weight is 548 g/mol. The highest BCUT2D eigenvalue weighted by Gasteiger charge is 2.36. The maximum atomic E-state index is 13.5. The van der Waals surface area contributed by atoms with Gasteiger partial charge in [-0.25, -0.2) is 0 Å². The quantitative estimate of drug-likeness (QED) is 0.319. The summed E-state index contributed by atoms with van der Waals surface area (Å²) in [6, 6.07) is 15.6. The van der Waals surface area contributed by atoms with Gasteiger partial charge in [-0.3, -0.25) is 9.59 Å². The first-order chi connectivity index (χ1) is 18.2. The summed E-state index contributed by atoms with van der Waals surface area (Å²) in [7, 11) is 1.54. The summed E-state index contributed by atoms with van der Waals surface area (Å²) in [6.45, 7) is 0.919. The van der Waals surface area contributed by atoms with Gasteiger partial charge < -0.3 is 19.1 Å². The van der Waals surface area contributed by atoms with Crippen LogP contribution in [0.25, 0.3) is 0 Å². The molecule has 0 spiro atoms. The van der Waals surface area contributed by atoms with Gasteiger partial charge in [0.15, 0.2) is 0 Å². The van der Waals surface area contributed by atoms with Crippen LogP contribution in [0.1, 0.15) is 40.0 Å². The number of benzene rings is 2. The van der Waals surface area contributed by atoms with Crippen molar-refractivity contribution < 1.29 is 27.5 Å². The number of ether oxygens (including phenoxy) is 1. The minimum atomic E-state index is -4.42. The standard InChI is InChI=1S/C28H29ClF3N3O3/c1-38-15-14-34(26(36)19-35(22-11-12-22)27(37)24-9-2-3-10-25(24)29)18-23-8-5-13-33(23)17-20-6-4-7-21(16-20)28(30,31)32/h2-10,13,16,22H,11-12,14-15,17-19H2,1H3. The molecule has 1 saturated carbocycles.